The molecule has 0 fully saturated rings. The smallest absolute Gasteiger partial charge is 0.0424 e. The Labute approximate surface area is 92.2 Å². The average Bonchev–Trinajstić information content (AvgIpc) is 2.42. The third-order valence-corrected chi connectivity index (χ3v) is 3.80. The lowest BCUT2D eigenvalue weighted by atomic mass is 9.73. The van der Waals surface area contributed by atoms with Gasteiger partial charge in [-0.15, -0.1) is 0 Å². The first-order valence-corrected chi connectivity index (χ1v) is 5.53. The maximum atomic E-state index is 4.16. The summed E-state index contributed by atoms with van der Waals surface area (Å²) in [6.45, 7) is 13.1. The number of nitrogens with one attached hydrogen (secondary N) is 1. The van der Waals surface area contributed by atoms with Crippen LogP contribution < -0.4 is 5.32 Å². The summed E-state index contributed by atoms with van der Waals surface area (Å²) in [6.07, 6.45) is 0. The van der Waals surface area contributed by atoms with Crippen LogP contribution in [0, 0.1) is 12.8 Å². The Morgan fingerprint density at radius 2 is 2.00 bits per heavy atom. The number of fused-ring (bicyclic) bond motifs is 1. The number of hydrogen-bond donors (Lipinski definition) is 1. The van der Waals surface area contributed by atoms with Crippen molar-refractivity contribution in [1.82, 2.24) is 0 Å². The van der Waals surface area contributed by atoms with Crippen LogP contribution in [0.15, 0.2) is 30.5 Å². The lowest BCUT2D eigenvalue weighted by Gasteiger charge is -2.30. The van der Waals surface area contributed by atoms with Crippen LogP contribution in [0.3, 0.4) is 0 Å². The first-order valence-electron chi connectivity index (χ1n) is 5.53. The van der Waals surface area contributed by atoms with E-state index < -0.39 is 0 Å². The van der Waals surface area contributed by atoms with Crippen LogP contribution in [-0.4, -0.2) is 0 Å². The second-order valence-corrected chi connectivity index (χ2v) is 5.01. The van der Waals surface area contributed by atoms with Crippen LogP contribution in [-0.2, 0) is 5.41 Å². The summed E-state index contributed by atoms with van der Waals surface area (Å²) in [7, 11) is 0. The summed E-state index contributed by atoms with van der Waals surface area (Å²) in [6, 6.07) is 6.58. The molecule has 1 aromatic rings. The second-order valence-electron chi connectivity index (χ2n) is 5.01. The molecule has 1 heterocycles. The van der Waals surface area contributed by atoms with Gasteiger partial charge in [0.05, 0.1) is 0 Å². The molecule has 1 aliphatic heterocycles. The van der Waals surface area contributed by atoms with Crippen molar-refractivity contribution < 1.29 is 0 Å². The minimum Gasteiger partial charge on any atom is -0.358 e. The molecule has 80 valence electrons. The number of allylic oxidation sites excluding steroid dienone is 1. The van der Waals surface area contributed by atoms with Crippen LogP contribution in [0.4, 0.5) is 5.69 Å². The molecule has 1 aliphatic rings. The summed E-state index contributed by atoms with van der Waals surface area (Å²) in [4.78, 5) is 0. The number of benzene rings is 1. The average molecular weight is 201 g/mol. The van der Waals surface area contributed by atoms with E-state index in [1.165, 1.54) is 16.8 Å². The van der Waals surface area contributed by atoms with E-state index in [9.17, 15) is 0 Å². The summed E-state index contributed by atoms with van der Waals surface area (Å²) < 4.78 is 0. The fourth-order valence-electron chi connectivity index (χ4n) is 2.31. The van der Waals surface area contributed by atoms with Gasteiger partial charge in [0, 0.05) is 16.8 Å². The van der Waals surface area contributed by atoms with Gasteiger partial charge in [0.15, 0.2) is 0 Å². The number of rotatable bonds is 1. The van der Waals surface area contributed by atoms with Gasteiger partial charge in [0.1, 0.15) is 0 Å². The molecule has 0 spiro atoms. The standard InChI is InChI=1S/C14H19N/c1-9(2)14(5)11(4)15-13-7-6-10(3)8-12(13)14/h6-9,15H,4H2,1-3,5H3. The molecular formula is C14H19N. The first kappa shape index (κ1) is 10.3. The van der Waals surface area contributed by atoms with Crippen molar-refractivity contribution in [2.45, 2.75) is 33.1 Å². The van der Waals surface area contributed by atoms with E-state index in [1.54, 1.807) is 0 Å². The summed E-state index contributed by atoms with van der Waals surface area (Å²) in [5.74, 6) is 0.556. The maximum Gasteiger partial charge on any atom is 0.0424 e. The largest absolute Gasteiger partial charge is 0.358 e. The van der Waals surface area contributed by atoms with Crippen molar-refractivity contribution >= 4 is 5.69 Å². The molecule has 0 saturated heterocycles. The monoisotopic (exact) mass is 201 g/mol. The number of aryl methyl sites for hydroxylation is 1. The van der Waals surface area contributed by atoms with E-state index in [4.69, 9.17) is 0 Å². The van der Waals surface area contributed by atoms with E-state index in [1.807, 2.05) is 0 Å². The van der Waals surface area contributed by atoms with Crippen molar-refractivity contribution in [2.24, 2.45) is 5.92 Å². The Kier molecular flexibility index (Phi) is 2.14. The van der Waals surface area contributed by atoms with Gasteiger partial charge >= 0.3 is 0 Å². The van der Waals surface area contributed by atoms with Gasteiger partial charge in [0.2, 0.25) is 0 Å². The Morgan fingerprint density at radius 3 is 2.60 bits per heavy atom. The predicted molar refractivity (Wildman–Crippen MR) is 66.1 cm³/mol. The Bertz CT molecular complexity index is 417. The molecule has 0 bridgehead atoms. The minimum absolute atomic E-state index is 0.0708. The fourth-order valence-corrected chi connectivity index (χ4v) is 2.31. The molecule has 0 radical (unpaired) electrons. The van der Waals surface area contributed by atoms with Crippen LogP contribution in [0.2, 0.25) is 0 Å². The van der Waals surface area contributed by atoms with Gasteiger partial charge in [-0.25, -0.2) is 0 Å². The van der Waals surface area contributed by atoms with E-state index in [0.29, 0.717) is 5.92 Å². The lowest BCUT2D eigenvalue weighted by molar-refractivity contribution is 0.412. The third kappa shape index (κ3) is 1.30. The van der Waals surface area contributed by atoms with Crippen molar-refractivity contribution in [2.75, 3.05) is 5.32 Å². The Balaban J connectivity index is 2.63. The van der Waals surface area contributed by atoms with Crippen molar-refractivity contribution in [3.05, 3.63) is 41.6 Å². The van der Waals surface area contributed by atoms with Crippen LogP contribution in [0.1, 0.15) is 31.9 Å². The highest BCUT2D eigenvalue weighted by atomic mass is 15.0. The molecule has 1 aromatic carbocycles. The summed E-state index contributed by atoms with van der Waals surface area (Å²) >= 11 is 0. The highest BCUT2D eigenvalue weighted by molar-refractivity contribution is 5.68. The quantitative estimate of drug-likeness (QED) is 0.727. The maximum absolute atomic E-state index is 4.16. The molecule has 0 saturated carbocycles. The van der Waals surface area contributed by atoms with Crippen LogP contribution >= 0.6 is 0 Å². The molecule has 15 heavy (non-hydrogen) atoms. The zero-order valence-electron chi connectivity index (χ0n) is 10.0. The van der Waals surface area contributed by atoms with Gasteiger partial charge < -0.3 is 5.32 Å². The van der Waals surface area contributed by atoms with Crippen LogP contribution in [0.5, 0.6) is 0 Å². The van der Waals surface area contributed by atoms with Crippen LogP contribution in [0.25, 0.3) is 0 Å². The van der Waals surface area contributed by atoms with Crippen molar-refractivity contribution in [1.29, 1.82) is 0 Å². The highest BCUT2D eigenvalue weighted by Gasteiger charge is 2.40. The molecule has 1 atom stereocenters. The highest BCUT2D eigenvalue weighted by Crippen LogP contribution is 2.47. The number of anilines is 1. The molecule has 0 aromatic heterocycles. The second kappa shape index (κ2) is 3.13. The molecular weight excluding hydrogens is 182 g/mol. The normalized spacial score (nSPS) is 24.2. The van der Waals surface area contributed by atoms with Gasteiger partial charge in [-0.1, -0.05) is 38.1 Å². The predicted octanol–water partition coefficient (Wildman–Crippen LogP) is 3.85. The molecule has 1 N–H and O–H groups in total. The van der Waals surface area contributed by atoms with E-state index in [0.717, 1.165) is 5.70 Å². The van der Waals surface area contributed by atoms with Gasteiger partial charge in [-0.2, -0.15) is 0 Å². The summed E-state index contributed by atoms with van der Waals surface area (Å²) in [5.41, 5.74) is 5.13. The zero-order valence-corrected chi connectivity index (χ0v) is 10.0. The Hall–Kier alpha value is -1.24. The first-order chi connectivity index (χ1) is 6.96. The molecule has 2 rings (SSSR count). The van der Waals surface area contributed by atoms with Crippen molar-refractivity contribution in [3.63, 3.8) is 0 Å². The van der Waals surface area contributed by atoms with E-state index in [2.05, 4.69) is 57.8 Å². The molecule has 1 nitrogen and oxygen atoms in total. The zero-order chi connectivity index (χ0) is 11.2. The van der Waals surface area contributed by atoms with Crippen molar-refractivity contribution in [3.8, 4) is 0 Å². The SMILES string of the molecule is C=C1Nc2ccc(C)cc2C1(C)C(C)C. The third-order valence-electron chi connectivity index (χ3n) is 3.80. The van der Waals surface area contributed by atoms with Gasteiger partial charge in [-0.05, 0) is 31.4 Å². The van der Waals surface area contributed by atoms with Gasteiger partial charge in [-0.3, -0.25) is 0 Å². The topological polar surface area (TPSA) is 12.0 Å². The minimum atomic E-state index is 0.0708. The van der Waals surface area contributed by atoms with E-state index in [-0.39, 0.29) is 5.41 Å². The molecule has 1 heteroatoms. The fraction of sp³-hybridized carbons (Fsp3) is 0.429. The van der Waals surface area contributed by atoms with Gasteiger partial charge in [0.25, 0.3) is 0 Å². The molecule has 0 amide bonds. The Morgan fingerprint density at radius 1 is 1.33 bits per heavy atom. The molecule has 0 aliphatic carbocycles. The molecule has 1 unspecified atom stereocenters. The lowest BCUT2D eigenvalue weighted by Crippen LogP contribution is -2.28. The summed E-state index contributed by atoms with van der Waals surface area (Å²) in [5, 5.41) is 3.40. The van der Waals surface area contributed by atoms with E-state index >= 15 is 0 Å². The number of hydrogen-bond acceptors (Lipinski definition) is 1.